The third-order valence-electron chi connectivity index (χ3n) is 3.18. The van der Waals surface area contributed by atoms with Crippen LogP contribution in [0, 0.1) is 0 Å². The van der Waals surface area contributed by atoms with E-state index in [2.05, 4.69) is 20.6 Å². The van der Waals surface area contributed by atoms with E-state index in [0.717, 1.165) is 0 Å². The monoisotopic (exact) mass is 337 g/mol. The molecule has 24 heavy (non-hydrogen) atoms. The molecule has 118 valence electrons. The Bertz CT molecular complexity index is 967. The maximum atomic E-state index is 12.4. The number of hydrogen-bond acceptors (Lipinski definition) is 6. The van der Waals surface area contributed by atoms with Crippen molar-refractivity contribution in [3.8, 4) is 11.5 Å². The van der Waals surface area contributed by atoms with Crippen LogP contribution in [0.15, 0.2) is 60.9 Å². The van der Waals surface area contributed by atoms with Gasteiger partial charge < -0.3 is 4.74 Å². The number of anilines is 1. The van der Waals surface area contributed by atoms with Gasteiger partial charge in [-0.2, -0.15) is 4.52 Å². The molecule has 2 heterocycles. The summed E-state index contributed by atoms with van der Waals surface area (Å²) < 4.78 is 7.25. The Hall–Kier alpha value is -3.26. The Morgan fingerprint density at radius 1 is 1.08 bits per heavy atom. The van der Waals surface area contributed by atoms with Gasteiger partial charge in [-0.3, -0.25) is 10.1 Å². The summed E-state index contributed by atoms with van der Waals surface area (Å²) in [7, 11) is 0. The van der Waals surface area contributed by atoms with E-state index in [1.807, 2.05) is 30.3 Å². The van der Waals surface area contributed by atoms with Crippen molar-refractivity contribution in [3.05, 3.63) is 66.5 Å². The normalized spacial score (nSPS) is 10.7. The minimum Gasteiger partial charge on any atom is -0.457 e. The molecular formula is C16H11N5O2S. The van der Waals surface area contributed by atoms with Crippen LogP contribution in [0.1, 0.15) is 10.4 Å². The lowest BCUT2D eigenvalue weighted by Crippen LogP contribution is -2.11. The molecule has 1 N–H and O–H groups in total. The van der Waals surface area contributed by atoms with Gasteiger partial charge in [0.15, 0.2) is 0 Å². The second-order valence-electron chi connectivity index (χ2n) is 4.86. The Balaban J connectivity index is 1.51. The lowest BCUT2D eigenvalue weighted by atomic mass is 10.2. The van der Waals surface area contributed by atoms with Gasteiger partial charge in [-0.15, -0.1) is 15.3 Å². The molecule has 8 heteroatoms. The molecule has 0 saturated heterocycles. The lowest BCUT2D eigenvalue weighted by Gasteiger charge is -2.07. The van der Waals surface area contributed by atoms with E-state index < -0.39 is 0 Å². The molecule has 0 unspecified atom stereocenters. The van der Waals surface area contributed by atoms with Crippen LogP contribution in [-0.2, 0) is 0 Å². The molecule has 0 aliphatic rings. The number of nitrogens with one attached hydrogen (secondary N) is 1. The van der Waals surface area contributed by atoms with Crippen LogP contribution in [-0.4, -0.2) is 25.7 Å². The number of aromatic nitrogens is 4. The fraction of sp³-hybridized carbons (Fsp3) is 0. The predicted molar refractivity (Wildman–Crippen MR) is 89.6 cm³/mol. The lowest BCUT2D eigenvalue weighted by molar-refractivity contribution is 0.102. The number of nitrogens with zero attached hydrogens (tertiary/aromatic N) is 4. The molecule has 2 aromatic carbocycles. The fourth-order valence-electron chi connectivity index (χ4n) is 2.11. The van der Waals surface area contributed by atoms with Crippen molar-refractivity contribution in [2.75, 3.05) is 5.32 Å². The standard InChI is InChI=1S/C16H11N5O2S/c22-14(18-15-20-21-10-17-19-16(21)24-15)11-5-4-8-13(9-11)23-12-6-2-1-3-7-12/h1-10H,(H,18,20,22). The highest BCUT2D eigenvalue weighted by Gasteiger charge is 2.11. The maximum Gasteiger partial charge on any atom is 0.257 e. The van der Waals surface area contributed by atoms with Gasteiger partial charge in [0.05, 0.1) is 0 Å². The molecule has 0 bridgehead atoms. The van der Waals surface area contributed by atoms with Crippen molar-refractivity contribution in [2.24, 2.45) is 0 Å². The van der Waals surface area contributed by atoms with Crippen LogP contribution in [0.3, 0.4) is 0 Å². The average Bonchev–Trinajstić information content (AvgIpc) is 3.17. The summed E-state index contributed by atoms with van der Waals surface area (Å²) in [6.45, 7) is 0. The SMILES string of the molecule is O=C(Nc1nn2cnnc2s1)c1cccc(Oc2ccccc2)c1. The molecule has 1 amide bonds. The topological polar surface area (TPSA) is 81.4 Å². The zero-order valence-electron chi connectivity index (χ0n) is 12.3. The molecule has 0 aliphatic carbocycles. The van der Waals surface area contributed by atoms with Gasteiger partial charge in [0, 0.05) is 5.56 Å². The summed E-state index contributed by atoms with van der Waals surface area (Å²) >= 11 is 1.25. The minimum atomic E-state index is -0.265. The summed E-state index contributed by atoms with van der Waals surface area (Å²) in [6.07, 6.45) is 1.48. The van der Waals surface area contributed by atoms with Crippen molar-refractivity contribution < 1.29 is 9.53 Å². The second-order valence-corrected chi connectivity index (χ2v) is 5.82. The van der Waals surface area contributed by atoms with E-state index in [1.165, 1.54) is 22.2 Å². The van der Waals surface area contributed by atoms with Crippen LogP contribution < -0.4 is 10.1 Å². The number of benzene rings is 2. The van der Waals surface area contributed by atoms with E-state index in [1.54, 1.807) is 24.3 Å². The highest BCUT2D eigenvalue weighted by molar-refractivity contribution is 7.20. The zero-order valence-corrected chi connectivity index (χ0v) is 13.1. The molecule has 0 spiro atoms. The van der Waals surface area contributed by atoms with Crippen molar-refractivity contribution in [3.63, 3.8) is 0 Å². The van der Waals surface area contributed by atoms with Gasteiger partial charge in [0.25, 0.3) is 5.91 Å². The number of carbonyl (C=O) groups excluding carboxylic acids is 1. The highest BCUT2D eigenvalue weighted by atomic mass is 32.1. The van der Waals surface area contributed by atoms with E-state index in [-0.39, 0.29) is 5.91 Å². The van der Waals surface area contributed by atoms with E-state index in [4.69, 9.17) is 4.74 Å². The quantitative estimate of drug-likeness (QED) is 0.618. The number of fused-ring (bicyclic) bond motifs is 1. The molecule has 0 fully saturated rings. The number of ether oxygens (including phenoxy) is 1. The zero-order chi connectivity index (χ0) is 16.4. The maximum absolute atomic E-state index is 12.4. The molecule has 0 saturated carbocycles. The Morgan fingerprint density at radius 3 is 2.75 bits per heavy atom. The average molecular weight is 337 g/mol. The molecule has 4 aromatic rings. The molecule has 2 aromatic heterocycles. The number of amides is 1. The largest absolute Gasteiger partial charge is 0.457 e. The first kappa shape index (κ1) is 14.3. The summed E-state index contributed by atoms with van der Waals surface area (Å²) in [5, 5.41) is 15.0. The van der Waals surface area contributed by atoms with Crippen molar-refractivity contribution in [1.29, 1.82) is 0 Å². The molecule has 0 atom stereocenters. The Labute approximate surface area is 140 Å². The van der Waals surface area contributed by atoms with Crippen molar-refractivity contribution in [1.82, 2.24) is 19.8 Å². The third kappa shape index (κ3) is 2.95. The Kier molecular flexibility index (Phi) is 3.64. The smallest absolute Gasteiger partial charge is 0.257 e. The molecule has 4 rings (SSSR count). The first-order valence-electron chi connectivity index (χ1n) is 7.09. The van der Waals surface area contributed by atoms with E-state index in [9.17, 15) is 4.79 Å². The first-order chi connectivity index (χ1) is 11.8. The number of hydrogen-bond donors (Lipinski definition) is 1. The van der Waals surface area contributed by atoms with E-state index >= 15 is 0 Å². The number of carbonyl (C=O) groups is 1. The fourth-order valence-corrected chi connectivity index (χ4v) is 2.82. The predicted octanol–water partition coefficient (Wildman–Crippen LogP) is 3.23. The first-order valence-corrected chi connectivity index (χ1v) is 7.91. The van der Waals surface area contributed by atoms with Gasteiger partial charge in [-0.1, -0.05) is 35.6 Å². The molecule has 0 radical (unpaired) electrons. The highest BCUT2D eigenvalue weighted by Crippen LogP contribution is 2.23. The minimum absolute atomic E-state index is 0.265. The summed E-state index contributed by atoms with van der Waals surface area (Å²) in [5.41, 5.74) is 0.481. The number of para-hydroxylation sites is 1. The third-order valence-corrected chi connectivity index (χ3v) is 4.01. The van der Waals surface area contributed by atoms with Crippen molar-refractivity contribution in [2.45, 2.75) is 0 Å². The molecule has 0 aliphatic heterocycles. The van der Waals surface area contributed by atoms with Crippen LogP contribution in [0.5, 0.6) is 11.5 Å². The summed E-state index contributed by atoms with van der Waals surface area (Å²) in [6, 6.07) is 16.4. The van der Waals surface area contributed by atoms with Crippen molar-refractivity contribution >= 4 is 27.3 Å². The second kappa shape index (κ2) is 6.09. The molecule has 7 nitrogen and oxygen atoms in total. The van der Waals surface area contributed by atoms with Gasteiger partial charge in [-0.25, -0.2) is 0 Å². The van der Waals surface area contributed by atoms with Gasteiger partial charge in [0.2, 0.25) is 10.1 Å². The van der Waals surface area contributed by atoms with Gasteiger partial charge >= 0.3 is 0 Å². The van der Waals surface area contributed by atoms with Crippen LogP contribution in [0.2, 0.25) is 0 Å². The summed E-state index contributed by atoms with van der Waals surface area (Å²) in [4.78, 5) is 13.0. The van der Waals surface area contributed by atoms with Crippen LogP contribution in [0.4, 0.5) is 5.13 Å². The number of rotatable bonds is 4. The van der Waals surface area contributed by atoms with E-state index in [0.29, 0.717) is 27.2 Å². The van der Waals surface area contributed by atoms with Crippen LogP contribution >= 0.6 is 11.3 Å². The van der Waals surface area contributed by atoms with Gasteiger partial charge in [0.1, 0.15) is 17.8 Å². The van der Waals surface area contributed by atoms with Crippen LogP contribution in [0.25, 0.3) is 4.96 Å². The molecular weight excluding hydrogens is 326 g/mol. The Morgan fingerprint density at radius 2 is 1.92 bits per heavy atom. The van der Waals surface area contributed by atoms with Gasteiger partial charge in [-0.05, 0) is 30.3 Å². The summed E-state index contributed by atoms with van der Waals surface area (Å²) in [5.74, 6) is 1.04.